The molecule has 1 heterocycles. The number of ketones is 2. The summed E-state index contributed by atoms with van der Waals surface area (Å²) in [4.78, 5) is 41.6. The van der Waals surface area contributed by atoms with Crippen LogP contribution in [0.5, 0.6) is 0 Å². The fraction of sp³-hybridized carbons (Fsp3) is 0.780. The first-order valence-electron chi connectivity index (χ1n) is 23.5. The lowest BCUT2D eigenvalue weighted by molar-refractivity contribution is -0.172. The summed E-state index contributed by atoms with van der Waals surface area (Å²) in [5.41, 5.74) is 10.6. The maximum atomic E-state index is 14.0. The van der Waals surface area contributed by atoms with Crippen LogP contribution in [0.25, 0.3) is 0 Å². The van der Waals surface area contributed by atoms with Gasteiger partial charge in [-0.2, -0.15) is 0 Å². The van der Waals surface area contributed by atoms with Crippen LogP contribution in [-0.4, -0.2) is 67.4 Å². The molecular formula is C50H77N3O5. The number of Topliss-reactive ketones (excluding diaryl/α,β-unsaturated/α-hetero) is 2. The molecule has 1 saturated heterocycles. The Bertz CT molecular complexity index is 1680. The van der Waals surface area contributed by atoms with Gasteiger partial charge in [0.15, 0.2) is 5.78 Å². The highest BCUT2D eigenvalue weighted by atomic mass is 16.5. The number of hydrogen-bond donors (Lipinski definition) is 3. The molecule has 58 heavy (non-hydrogen) atoms. The van der Waals surface area contributed by atoms with Crippen molar-refractivity contribution in [2.24, 2.45) is 81.2 Å². The number of fused-ring (bicyclic) bond motifs is 7. The lowest BCUT2D eigenvalue weighted by atomic mass is 9.37. The molecule has 5 saturated carbocycles. The van der Waals surface area contributed by atoms with Crippen LogP contribution in [0, 0.1) is 75.4 Å². The van der Waals surface area contributed by atoms with Crippen molar-refractivity contribution in [3.05, 3.63) is 46.5 Å². The van der Waals surface area contributed by atoms with Crippen molar-refractivity contribution < 1.29 is 24.2 Å². The summed E-state index contributed by atoms with van der Waals surface area (Å²) in [5, 5.41) is 13.3. The smallest absolute Gasteiger partial charge is 0.306 e. The van der Waals surface area contributed by atoms with Gasteiger partial charge in [0.25, 0.3) is 0 Å². The molecule has 0 radical (unpaired) electrons. The summed E-state index contributed by atoms with van der Waals surface area (Å²) in [6.07, 6.45) is 12.7. The molecule has 0 bridgehead atoms. The number of carboxylic acid groups (broad SMARTS) is 1. The maximum Gasteiger partial charge on any atom is 0.306 e. The summed E-state index contributed by atoms with van der Waals surface area (Å²) >= 11 is 0. The van der Waals surface area contributed by atoms with Crippen LogP contribution < -0.4 is 11.1 Å². The number of carbonyl (C=O) groups is 3. The Kier molecular flexibility index (Phi) is 13.2. The molecule has 0 amide bonds. The summed E-state index contributed by atoms with van der Waals surface area (Å²) in [5.74, 6) is 3.29. The maximum absolute atomic E-state index is 14.0. The van der Waals surface area contributed by atoms with Gasteiger partial charge in [0, 0.05) is 50.4 Å². The van der Waals surface area contributed by atoms with Crippen LogP contribution in [0.4, 0.5) is 0 Å². The van der Waals surface area contributed by atoms with E-state index in [-0.39, 0.29) is 39.9 Å². The SMILES string of the molecule is CC(C)C1=C2C3CCC4C(C)(CCC5C(C)C(CC(=O)C6CC(C(=O)O)C6C)CCC54C)C3CCC2(CCNCc2ccc(CN3CCOCC3)cc2)CC1=O.CN. The standard InChI is InChI=1S/C49H72N2O5.CH5N/c1-30(2)44-42(53)27-49(19-20-50-28-33-7-9-34(10-8-33)29-51-21-23-56-24-22-51)18-15-40-36(45(44)49)11-12-43-47(5)16-13-35(31(3)39(47)14-17-48(40,43)6)25-41(52)37-26-38(32(37)4)46(54)55;1-2/h7-10,30-32,35-40,43,50H,11-29H2,1-6H3,(H,54,55);2H2,1H3. The number of hydrogen-bond acceptors (Lipinski definition) is 7. The Labute approximate surface area is 350 Å². The molecule has 6 fully saturated rings. The molecule has 4 N–H and O–H groups in total. The third-order valence-corrected chi connectivity index (χ3v) is 18.1. The van der Waals surface area contributed by atoms with E-state index in [4.69, 9.17) is 4.74 Å². The zero-order valence-electron chi connectivity index (χ0n) is 37.1. The van der Waals surface area contributed by atoms with Crippen molar-refractivity contribution in [3.8, 4) is 0 Å². The average molecular weight is 800 g/mol. The second-order valence-corrected chi connectivity index (χ2v) is 21.0. The van der Waals surface area contributed by atoms with Crippen LogP contribution >= 0.6 is 0 Å². The number of ether oxygens (including phenoxy) is 1. The van der Waals surface area contributed by atoms with Gasteiger partial charge in [-0.1, -0.05) is 71.4 Å². The van der Waals surface area contributed by atoms with Crippen molar-refractivity contribution in [2.75, 3.05) is 39.9 Å². The number of morpholine rings is 1. The Morgan fingerprint density at radius 3 is 2.22 bits per heavy atom. The van der Waals surface area contributed by atoms with Crippen molar-refractivity contribution in [1.29, 1.82) is 0 Å². The zero-order chi connectivity index (χ0) is 41.6. The first-order valence-corrected chi connectivity index (χ1v) is 23.5. The molecule has 1 aliphatic heterocycles. The minimum atomic E-state index is -0.743. The van der Waals surface area contributed by atoms with Crippen LogP contribution in [-0.2, 0) is 32.2 Å². The summed E-state index contributed by atoms with van der Waals surface area (Å²) in [7, 11) is 1.50. The van der Waals surface area contributed by atoms with Crippen molar-refractivity contribution in [2.45, 2.75) is 132 Å². The number of aliphatic carboxylic acids is 1. The van der Waals surface area contributed by atoms with E-state index >= 15 is 0 Å². The molecule has 8 heteroatoms. The molecular weight excluding hydrogens is 723 g/mol. The Morgan fingerprint density at radius 1 is 0.897 bits per heavy atom. The molecule has 12 unspecified atom stereocenters. The quantitative estimate of drug-likeness (QED) is 0.180. The number of allylic oxidation sites excluding steroid dienone is 2. The molecule has 6 aliphatic carbocycles. The molecule has 1 aromatic carbocycles. The summed E-state index contributed by atoms with van der Waals surface area (Å²) < 4.78 is 5.52. The monoisotopic (exact) mass is 800 g/mol. The topological polar surface area (TPSA) is 122 Å². The number of benzene rings is 1. The fourth-order valence-electron chi connectivity index (χ4n) is 15.0. The van der Waals surface area contributed by atoms with Gasteiger partial charge < -0.3 is 20.9 Å². The molecule has 0 aromatic heterocycles. The number of nitrogens with two attached hydrogens (primary N) is 1. The van der Waals surface area contributed by atoms with Crippen LogP contribution in [0.2, 0.25) is 0 Å². The normalized spacial score (nSPS) is 39.7. The predicted octanol–water partition coefficient (Wildman–Crippen LogP) is 8.71. The van der Waals surface area contributed by atoms with Crippen molar-refractivity contribution >= 4 is 17.5 Å². The van der Waals surface area contributed by atoms with Gasteiger partial charge in [0.2, 0.25) is 0 Å². The fourth-order valence-corrected chi connectivity index (χ4v) is 15.0. The van der Waals surface area contributed by atoms with Gasteiger partial charge >= 0.3 is 5.97 Å². The van der Waals surface area contributed by atoms with Gasteiger partial charge in [-0.05, 0) is 153 Å². The third kappa shape index (κ3) is 7.84. The largest absolute Gasteiger partial charge is 0.481 e. The van der Waals surface area contributed by atoms with Gasteiger partial charge in [-0.3, -0.25) is 19.3 Å². The first-order chi connectivity index (χ1) is 27.8. The summed E-state index contributed by atoms with van der Waals surface area (Å²) in [6, 6.07) is 9.13. The van der Waals surface area contributed by atoms with E-state index in [9.17, 15) is 19.5 Å². The average Bonchev–Trinajstić information content (AvgIpc) is 3.51. The second-order valence-electron chi connectivity index (χ2n) is 21.0. The van der Waals surface area contributed by atoms with E-state index in [1.807, 2.05) is 6.92 Å². The first kappa shape index (κ1) is 43.7. The van der Waals surface area contributed by atoms with E-state index in [1.165, 1.54) is 62.3 Å². The van der Waals surface area contributed by atoms with Gasteiger partial charge in [-0.25, -0.2) is 0 Å². The number of carbonyl (C=O) groups excluding carboxylic acids is 2. The number of nitrogens with zero attached hydrogens (tertiary/aromatic N) is 1. The van der Waals surface area contributed by atoms with Gasteiger partial charge in [0.1, 0.15) is 5.78 Å². The van der Waals surface area contributed by atoms with E-state index < -0.39 is 5.97 Å². The molecule has 7 aliphatic rings. The van der Waals surface area contributed by atoms with Gasteiger partial charge in [0.05, 0.1) is 19.1 Å². The second kappa shape index (κ2) is 17.5. The lowest BCUT2D eigenvalue weighted by Gasteiger charge is -2.67. The Morgan fingerprint density at radius 2 is 1.55 bits per heavy atom. The molecule has 1 aromatic rings. The van der Waals surface area contributed by atoms with Crippen LogP contribution in [0.1, 0.15) is 130 Å². The van der Waals surface area contributed by atoms with E-state index in [1.54, 1.807) is 5.57 Å². The molecule has 322 valence electrons. The van der Waals surface area contributed by atoms with E-state index in [0.717, 1.165) is 65.2 Å². The highest BCUT2D eigenvalue weighted by molar-refractivity contribution is 6.00. The third-order valence-electron chi connectivity index (χ3n) is 18.1. The minimum Gasteiger partial charge on any atom is -0.481 e. The van der Waals surface area contributed by atoms with Crippen molar-refractivity contribution in [3.63, 3.8) is 0 Å². The van der Waals surface area contributed by atoms with Crippen LogP contribution in [0.3, 0.4) is 0 Å². The number of nitrogens with one attached hydrogen (secondary N) is 1. The zero-order valence-corrected chi connectivity index (χ0v) is 37.1. The number of carboxylic acids is 1. The van der Waals surface area contributed by atoms with Crippen molar-refractivity contribution in [1.82, 2.24) is 10.2 Å². The molecule has 0 spiro atoms. The molecule has 12 atom stereocenters. The minimum absolute atomic E-state index is 0.0126. The Hall–Kier alpha value is -2.39. The molecule has 8 rings (SSSR count). The van der Waals surface area contributed by atoms with E-state index in [2.05, 4.69) is 74.8 Å². The summed E-state index contributed by atoms with van der Waals surface area (Å²) in [6.45, 7) is 20.7. The van der Waals surface area contributed by atoms with Gasteiger partial charge in [-0.15, -0.1) is 0 Å². The highest BCUT2D eigenvalue weighted by Gasteiger charge is 2.64. The highest BCUT2D eigenvalue weighted by Crippen LogP contribution is 2.72. The Balaban J connectivity index is 0.00000252. The van der Waals surface area contributed by atoms with E-state index in [0.29, 0.717) is 66.3 Å². The lowest BCUT2D eigenvalue weighted by Crippen LogP contribution is -2.60. The molecule has 8 nitrogen and oxygen atoms in total. The predicted molar refractivity (Wildman–Crippen MR) is 231 cm³/mol. The number of rotatable bonds is 12. The van der Waals surface area contributed by atoms with Crippen LogP contribution in [0.15, 0.2) is 35.4 Å².